The van der Waals surface area contributed by atoms with E-state index in [9.17, 15) is 13.6 Å². The van der Waals surface area contributed by atoms with Crippen LogP contribution in [0.5, 0.6) is 0 Å². The number of nitrogens with one attached hydrogen (secondary N) is 1. The molecule has 0 spiro atoms. The number of aromatic nitrogens is 2. The summed E-state index contributed by atoms with van der Waals surface area (Å²) in [5.41, 5.74) is 2.38. The first-order valence-corrected chi connectivity index (χ1v) is 7.78. The van der Waals surface area contributed by atoms with Crippen LogP contribution in [0.3, 0.4) is 0 Å². The summed E-state index contributed by atoms with van der Waals surface area (Å²) in [6.45, 7) is 3.94. The summed E-state index contributed by atoms with van der Waals surface area (Å²) in [5.74, 6) is -1.62. The molecule has 1 aromatic carbocycles. The second-order valence-corrected chi connectivity index (χ2v) is 6.20. The van der Waals surface area contributed by atoms with E-state index < -0.39 is 11.6 Å². The van der Waals surface area contributed by atoms with E-state index in [0.29, 0.717) is 17.7 Å². The van der Waals surface area contributed by atoms with Crippen molar-refractivity contribution < 1.29 is 18.3 Å². The first kappa shape index (κ1) is 16.6. The van der Waals surface area contributed by atoms with Gasteiger partial charge >= 0.3 is 0 Å². The van der Waals surface area contributed by atoms with Crippen molar-refractivity contribution in [3.8, 4) is 0 Å². The Morgan fingerprint density at radius 3 is 2.67 bits per heavy atom. The van der Waals surface area contributed by atoms with Crippen LogP contribution in [0.2, 0.25) is 0 Å². The lowest BCUT2D eigenvalue weighted by Gasteiger charge is -2.25. The largest absolute Gasteiger partial charge is 0.369 e. The van der Waals surface area contributed by atoms with Gasteiger partial charge in [-0.05, 0) is 31.5 Å². The number of benzene rings is 1. The molecule has 2 atom stereocenters. The van der Waals surface area contributed by atoms with E-state index in [4.69, 9.17) is 4.74 Å². The molecule has 1 aliphatic rings. The number of halogens is 2. The molecule has 2 aromatic rings. The maximum absolute atomic E-state index is 13.3. The number of hydrogen-bond acceptors (Lipinski definition) is 3. The van der Waals surface area contributed by atoms with Gasteiger partial charge in [0.05, 0.1) is 17.9 Å². The first-order chi connectivity index (χ1) is 11.3. The molecular formula is C17H19F2N3O2. The van der Waals surface area contributed by atoms with Gasteiger partial charge in [-0.3, -0.25) is 9.89 Å². The zero-order valence-electron chi connectivity index (χ0n) is 13.8. The van der Waals surface area contributed by atoms with Gasteiger partial charge in [-0.25, -0.2) is 8.78 Å². The minimum atomic E-state index is -0.664. The SMILES string of the molecule is C[C@@H]1Cc2c(C(=O)N(C)Cc3cc(F)cc(F)c3)n[nH]c2[C@H](C)O1. The van der Waals surface area contributed by atoms with Crippen LogP contribution in [-0.2, 0) is 17.7 Å². The van der Waals surface area contributed by atoms with E-state index >= 15 is 0 Å². The van der Waals surface area contributed by atoms with Crippen molar-refractivity contribution in [1.82, 2.24) is 15.1 Å². The van der Waals surface area contributed by atoms with Crippen LogP contribution in [0.1, 0.15) is 47.3 Å². The highest BCUT2D eigenvalue weighted by Gasteiger charge is 2.30. The van der Waals surface area contributed by atoms with Crippen molar-refractivity contribution in [3.05, 3.63) is 52.3 Å². The third kappa shape index (κ3) is 3.17. The minimum absolute atomic E-state index is 0.000675. The molecule has 0 bridgehead atoms. The lowest BCUT2D eigenvalue weighted by atomic mass is 9.99. The number of rotatable bonds is 3. The van der Waals surface area contributed by atoms with Crippen molar-refractivity contribution in [2.75, 3.05) is 7.05 Å². The predicted molar refractivity (Wildman–Crippen MR) is 83.4 cm³/mol. The Bertz CT molecular complexity index is 755. The molecule has 24 heavy (non-hydrogen) atoms. The molecule has 0 fully saturated rings. The molecule has 0 saturated heterocycles. The molecule has 128 valence electrons. The molecular weight excluding hydrogens is 316 g/mol. The molecule has 3 rings (SSSR count). The number of fused-ring (bicyclic) bond motifs is 1. The summed E-state index contributed by atoms with van der Waals surface area (Å²) in [7, 11) is 1.58. The van der Waals surface area contributed by atoms with Crippen molar-refractivity contribution in [3.63, 3.8) is 0 Å². The predicted octanol–water partition coefficient (Wildman–Crippen LogP) is 2.98. The van der Waals surface area contributed by atoms with Crippen LogP contribution >= 0.6 is 0 Å². The number of nitrogens with zero attached hydrogens (tertiary/aromatic N) is 2. The van der Waals surface area contributed by atoms with Gasteiger partial charge in [0.15, 0.2) is 5.69 Å². The molecule has 0 unspecified atom stereocenters. The van der Waals surface area contributed by atoms with E-state index in [0.717, 1.165) is 17.3 Å². The molecule has 1 N–H and O–H groups in total. The fourth-order valence-electron chi connectivity index (χ4n) is 3.08. The average Bonchev–Trinajstić information content (AvgIpc) is 2.89. The molecule has 1 aliphatic heterocycles. The summed E-state index contributed by atoms with van der Waals surface area (Å²) in [4.78, 5) is 14.1. The van der Waals surface area contributed by atoms with Crippen molar-refractivity contribution >= 4 is 5.91 Å². The molecule has 7 heteroatoms. The van der Waals surface area contributed by atoms with Crippen molar-refractivity contribution in [1.29, 1.82) is 0 Å². The molecule has 1 aromatic heterocycles. The Balaban J connectivity index is 1.82. The summed E-state index contributed by atoms with van der Waals surface area (Å²) in [6, 6.07) is 3.23. The molecule has 5 nitrogen and oxygen atoms in total. The summed E-state index contributed by atoms with van der Waals surface area (Å²) >= 11 is 0. The molecule has 0 radical (unpaired) electrons. The fourth-order valence-corrected chi connectivity index (χ4v) is 3.08. The van der Waals surface area contributed by atoms with Gasteiger partial charge in [0.1, 0.15) is 11.6 Å². The van der Waals surface area contributed by atoms with Crippen molar-refractivity contribution in [2.24, 2.45) is 0 Å². The Morgan fingerprint density at radius 2 is 2.00 bits per heavy atom. The normalized spacial score (nSPS) is 19.9. The van der Waals surface area contributed by atoms with Crippen LogP contribution < -0.4 is 0 Å². The van der Waals surface area contributed by atoms with Gasteiger partial charge < -0.3 is 9.64 Å². The van der Waals surface area contributed by atoms with Gasteiger partial charge in [0.2, 0.25) is 0 Å². The van der Waals surface area contributed by atoms with Crippen LogP contribution in [-0.4, -0.2) is 34.2 Å². The van der Waals surface area contributed by atoms with Gasteiger partial charge in [-0.1, -0.05) is 0 Å². The van der Waals surface area contributed by atoms with Gasteiger partial charge in [-0.2, -0.15) is 5.10 Å². The topological polar surface area (TPSA) is 58.2 Å². The Morgan fingerprint density at radius 1 is 1.33 bits per heavy atom. The Hall–Kier alpha value is -2.28. The van der Waals surface area contributed by atoms with Crippen LogP contribution in [0.25, 0.3) is 0 Å². The number of ether oxygens (including phenoxy) is 1. The van der Waals surface area contributed by atoms with Gasteiger partial charge in [-0.15, -0.1) is 0 Å². The molecule has 0 aliphatic carbocycles. The van der Waals surface area contributed by atoms with Crippen molar-refractivity contribution in [2.45, 2.75) is 39.0 Å². The maximum atomic E-state index is 13.3. The molecule has 1 amide bonds. The number of hydrogen-bond donors (Lipinski definition) is 1. The highest BCUT2D eigenvalue weighted by molar-refractivity contribution is 5.94. The van der Waals surface area contributed by atoms with Gasteiger partial charge in [0.25, 0.3) is 5.91 Å². The zero-order valence-corrected chi connectivity index (χ0v) is 13.8. The van der Waals surface area contributed by atoms with E-state index in [1.54, 1.807) is 7.05 Å². The number of H-pyrrole nitrogens is 1. The lowest BCUT2D eigenvalue weighted by molar-refractivity contribution is -0.00701. The van der Waals surface area contributed by atoms with Crippen LogP contribution in [0.15, 0.2) is 18.2 Å². The van der Waals surface area contributed by atoms with E-state index in [-0.39, 0.29) is 24.7 Å². The molecule has 0 saturated carbocycles. The maximum Gasteiger partial charge on any atom is 0.274 e. The third-order valence-electron chi connectivity index (χ3n) is 4.13. The Kier molecular flexibility index (Phi) is 4.36. The fraction of sp³-hybridized carbons (Fsp3) is 0.412. The number of amides is 1. The minimum Gasteiger partial charge on any atom is -0.369 e. The van der Waals surface area contributed by atoms with E-state index in [1.165, 1.54) is 17.0 Å². The zero-order chi connectivity index (χ0) is 17.4. The second-order valence-electron chi connectivity index (χ2n) is 6.20. The van der Waals surface area contributed by atoms with E-state index in [1.807, 2.05) is 13.8 Å². The van der Waals surface area contributed by atoms with E-state index in [2.05, 4.69) is 10.2 Å². The third-order valence-corrected chi connectivity index (χ3v) is 4.13. The standard InChI is InChI=1S/C17H19F2N3O2/c1-9-4-14-15(10(2)24-9)20-21-16(14)17(23)22(3)8-11-5-12(18)7-13(19)6-11/h5-7,9-10H,4,8H2,1-3H3,(H,20,21)/t9-,10+/m1/s1. The molecule has 2 heterocycles. The second kappa shape index (κ2) is 6.32. The monoisotopic (exact) mass is 335 g/mol. The smallest absolute Gasteiger partial charge is 0.274 e. The van der Waals surface area contributed by atoms with Crippen LogP contribution in [0.4, 0.5) is 8.78 Å². The first-order valence-electron chi connectivity index (χ1n) is 7.78. The highest BCUT2D eigenvalue weighted by atomic mass is 19.1. The lowest BCUT2D eigenvalue weighted by Crippen LogP contribution is -2.29. The summed E-state index contributed by atoms with van der Waals surface area (Å²) in [5, 5.41) is 7.01. The summed E-state index contributed by atoms with van der Waals surface area (Å²) in [6.07, 6.45) is 0.444. The number of aromatic amines is 1. The Labute approximate surface area is 138 Å². The average molecular weight is 335 g/mol. The quantitative estimate of drug-likeness (QED) is 0.938. The highest BCUT2D eigenvalue weighted by Crippen LogP contribution is 2.30. The van der Waals surface area contributed by atoms with Gasteiger partial charge in [0, 0.05) is 31.6 Å². The van der Waals surface area contributed by atoms with Crippen LogP contribution in [0, 0.1) is 11.6 Å². The summed E-state index contributed by atoms with van der Waals surface area (Å²) < 4.78 is 32.3. The number of carbonyl (C=O) groups excluding carboxylic acids is 1. The number of carbonyl (C=O) groups is 1.